The molecule has 1 rings (SSSR count). The second-order valence-electron chi connectivity index (χ2n) is 4.39. The van der Waals surface area contributed by atoms with Gasteiger partial charge >= 0.3 is 0 Å². The summed E-state index contributed by atoms with van der Waals surface area (Å²) in [4.78, 5) is 11.9. The van der Waals surface area contributed by atoms with Crippen molar-refractivity contribution in [2.45, 2.75) is 33.7 Å². The van der Waals surface area contributed by atoms with Crippen LogP contribution in [0.3, 0.4) is 0 Å². The van der Waals surface area contributed by atoms with E-state index in [0.29, 0.717) is 23.8 Å². The summed E-state index contributed by atoms with van der Waals surface area (Å²) < 4.78 is 5.32. The van der Waals surface area contributed by atoms with Crippen LogP contribution in [0.5, 0.6) is 0 Å². The van der Waals surface area contributed by atoms with Crippen LogP contribution in [0, 0.1) is 19.8 Å². The van der Waals surface area contributed by atoms with Crippen LogP contribution >= 0.6 is 0 Å². The molecule has 0 aliphatic carbocycles. The molecular formula is C12H20N2O2. The van der Waals surface area contributed by atoms with Crippen molar-refractivity contribution in [1.29, 1.82) is 0 Å². The number of carbonyl (C=O) groups excluding carboxylic acids is 1. The fraction of sp³-hybridized carbons (Fsp3) is 0.583. The smallest absolute Gasteiger partial charge is 0.255 e. The largest absolute Gasteiger partial charge is 0.466 e. The predicted octanol–water partition coefficient (Wildman–Crippen LogP) is 1.61. The molecule has 0 aromatic carbocycles. The molecular weight excluding hydrogens is 204 g/mol. The van der Waals surface area contributed by atoms with E-state index in [-0.39, 0.29) is 11.9 Å². The van der Waals surface area contributed by atoms with Gasteiger partial charge in [0.15, 0.2) is 0 Å². The van der Waals surface area contributed by atoms with Crippen LogP contribution in [-0.2, 0) is 0 Å². The summed E-state index contributed by atoms with van der Waals surface area (Å²) in [7, 11) is 0. The van der Waals surface area contributed by atoms with E-state index in [0.717, 1.165) is 5.76 Å². The molecule has 4 heteroatoms. The molecule has 1 atom stereocenters. The quantitative estimate of drug-likeness (QED) is 0.816. The molecule has 1 amide bonds. The first kappa shape index (κ1) is 12.8. The van der Waals surface area contributed by atoms with E-state index in [9.17, 15) is 4.79 Å². The van der Waals surface area contributed by atoms with Gasteiger partial charge in [-0.05, 0) is 25.8 Å². The Morgan fingerprint density at radius 1 is 1.50 bits per heavy atom. The maximum Gasteiger partial charge on any atom is 0.255 e. The van der Waals surface area contributed by atoms with Crippen LogP contribution in [0.2, 0.25) is 0 Å². The van der Waals surface area contributed by atoms with Crippen molar-refractivity contribution in [3.05, 3.63) is 23.2 Å². The highest BCUT2D eigenvalue weighted by Crippen LogP contribution is 2.14. The summed E-state index contributed by atoms with van der Waals surface area (Å²) in [6, 6.07) is 1.75. The Morgan fingerprint density at radius 3 is 2.50 bits per heavy atom. The summed E-state index contributed by atoms with van der Waals surface area (Å²) in [5, 5.41) is 2.91. The van der Waals surface area contributed by atoms with Gasteiger partial charge in [-0.15, -0.1) is 0 Å². The van der Waals surface area contributed by atoms with Gasteiger partial charge < -0.3 is 15.5 Å². The third-order valence-corrected chi connectivity index (χ3v) is 2.66. The zero-order valence-corrected chi connectivity index (χ0v) is 10.3. The molecule has 16 heavy (non-hydrogen) atoms. The van der Waals surface area contributed by atoms with Gasteiger partial charge in [-0.25, -0.2) is 0 Å². The minimum atomic E-state index is -0.112. The minimum absolute atomic E-state index is 0.00195. The van der Waals surface area contributed by atoms with Gasteiger partial charge in [0.1, 0.15) is 11.5 Å². The second kappa shape index (κ2) is 5.16. The minimum Gasteiger partial charge on any atom is -0.466 e. The van der Waals surface area contributed by atoms with Crippen molar-refractivity contribution in [2.75, 3.05) is 6.54 Å². The lowest BCUT2D eigenvalue weighted by atomic mass is 10.0. The van der Waals surface area contributed by atoms with Crippen molar-refractivity contribution in [2.24, 2.45) is 11.7 Å². The van der Waals surface area contributed by atoms with Crippen LogP contribution in [-0.4, -0.2) is 18.5 Å². The van der Waals surface area contributed by atoms with E-state index in [1.165, 1.54) is 0 Å². The monoisotopic (exact) mass is 224 g/mol. The van der Waals surface area contributed by atoms with Gasteiger partial charge in [-0.2, -0.15) is 0 Å². The third-order valence-electron chi connectivity index (χ3n) is 2.66. The Hall–Kier alpha value is -1.29. The van der Waals surface area contributed by atoms with Crippen molar-refractivity contribution < 1.29 is 9.21 Å². The van der Waals surface area contributed by atoms with Gasteiger partial charge in [0, 0.05) is 12.6 Å². The zero-order valence-electron chi connectivity index (χ0n) is 10.3. The number of hydrogen-bond donors (Lipinski definition) is 2. The molecule has 0 saturated heterocycles. The van der Waals surface area contributed by atoms with Crippen molar-refractivity contribution in [1.82, 2.24) is 5.32 Å². The maximum absolute atomic E-state index is 11.9. The summed E-state index contributed by atoms with van der Waals surface area (Å²) in [6.07, 6.45) is 0. The second-order valence-corrected chi connectivity index (χ2v) is 4.39. The number of amides is 1. The van der Waals surface area contributed by atoms with Crippen LogP contribution in [0.1, 0.15) is 35.7 Å². The molecule has 4 nitrogen and oxygen atoms in total. The van der Waals surface area contributed by atoms with E-state index in [2.05, 4.69) is 5.32 Å². The molecule has 1 aromatic heterocycles. The van der Waals surface area contributed by atoms with Gasteiger partial charge in [-0.1, -0.05) is 13.8 Å². The average molecular weight is 224 g/mol. The molecule has 0 radical (unpaired) electrons. The van der Waals surface area contributed by atoms with E-state index in [1.807, 2.05) is 20.8 Å². The van der Waals surface area contributed by atoms with Gasteiger partial charge in [-0.3, -0.25) is 4.79 Å². The van der Waals surface area contributed by atoms with Gasteiger partial charge in [0.25, 0.3) is 5.91 Å². The Labute approximate surface area is 96.2 Å². The van der Waals surface area contributed by atoms with Crippen LogP contribution < -0.4 is 11.1 Å². The van der Waals surface area contributed by atoms with Crippen LogP contribution in [0.15, 0.2) is 10.5 Å². The molecule has 3 N–H and O–H groups in total. The van der Waals surface area contributed by atoms with E-state index >= 15 is 0 Å². The first-order valence-corrected chi connectivity index (χ1v) is 5.53. The SMILES string of the molecule is Cc1cc(C(=O)NC(CN)C(C)C)c(C)o1. The Kier molecular flexibility index (Phi) is 4.12. The molecule has 1 unspecified atom stereocenters. The lowest BCUT2D eigenvalue weighted by Gasteiger charge is -2.20. The molecule has 0 bridgehead atoms. The highest BCUT2D eigenvalue weighted by atomic mass is 16.3. The van der Waals surface area contributed by atoms with Crippen LogP contribution in [0.4, 0.5) is 0 Å². The predicted molar refractivity (Wildman–Crippen MR) is 63.3 cm³/mol. The van der Waals surface area contributed by atoms with Crippen molar-refractivity contribution in [3.63, 3.8) is 0 Å². The summed E-state index contributed by atoms with van der Waals surface area (Å²) >= 11 is 0. The van der Waals surface area contributed by atoms with Crippen molar-refractivity contribution >= 4 is 5.91 Å². The average Bonchev–Trinajstić information content (AvgIpc) is 2.53. The number of nitrogens with one attached hydrogen (secondary N) is 1. The molecule has 90 valence electrons. The van der Waals surface area contributed by atoms with Crippen molar-refractivity contribution in [3.8, 4) is 0 Å². The highest BCUT2D eigenvalue weighted by Gasteiger charge is 2.18. The molecule has 0 fully saturated rings. The number of rotatable bonds is 4. The normalized spacial score (nSPS) is 12.9. The standard InChI is InChI=1S/C12H20N2O2/c1-7(2)11(6-13)14-12(15)10-5-8(3)16-9(10)4/h5,7,11H,6,13H2,1-4H3,(H,14,15). The Morgan fingerprint density at radius 2 is 2.12 bits per heavy atom. The molecule has 1 aromatic rings. The lowest BCUT2D eigenvalue weighted by Crippen LogP contribution is -2.43. The lowest BCUT2D eigenvalue weighted by molar-refractivity contribution is 0.0926. The Balaban J connectivity index is 2.75. The molecule has 0 aliphatic heterocycles. The molecule has 0 spiro atoms. The van der Waals surface area contributed by atoms with Gasteiger partial charge in [0.05, 0.1) is 5.56 Å². The number of nitrogens with two attached hydrogens (primary N) is 1. The topological polar surface area (TPSA) is 68.3 Å². The molecule has 0 saturated carbocycles. The Bertz CT molecular complexity index is 369. The van der Waals surface area contributed by atoms with E-state index < -0.39 is 0 Å². The first-order valence-electron chi connectivity index (χ1n) is 5.53. The number of carbonyl (C=O) groups is 1. The number of furan rings is 1. The zero-order chi connectivity index (χ0) is 12.3. The molecule has 0 aliphatic rings. The van der Waals surface area contributed by atoms with Gasteiger partial charge in [0.2, 0.25) is 0 Å². The highest BCUT2D eigenvalue weighted by molar-refractivity contribution is 5.95. The number of hydrogen-bond acceptors (Lipinski definition) is 3. The summed E-state index contributed by atoms with van der Waals surface area (Å²) in [6.45, 7) is 8.12. The van der Waals surface area contributed by atoms with E-state index in [4.69, 9.17) is 10.2 Å². The first-order chi connectivity index (χ1) is 7.45. The maximum atomic E-state index is 11.9. The fourth-order valence-corrected chi connectivity index (χ4v) is 1.60. The van der Waals surface area contributed by atoms with Crippen LogP contribution in [0.25, 0.3) is 0 Å². The summed E-state index contributed by atoms with van der Waals surface area (Å²) in [5.41, 5.74) is 6.20. The fourth-order valence-electron chi connectivity index (χ4n) is 1.60. The third kappa shape index (κ3) is 2.85. The summed E-state index contributed by atoms with van der Waals surface area (Å²) in [5.74, 6) is 1.60. The number of aryl methyl sites for hydroxylation is 2. The van der Waals surface area contributed by atoms with E-state index in [1.54, 1.807) is 13.0 Å². The molecule has 1 heterocycles.